The van der Waals surface area contributed by atoms with Crippen LogP contribution < -0.4 is 0 Å². The van der Waals surface area contributed by atoms with E-state index >= 15 is 0 Å². The Kier molecular flexibility index (Phi) is 2.85. The fraction of sp³-hybridized carbons (Fsp3) is 0.500. The molecule has 2 nitrogen and oxygen atoms in total. The van der Waals surface area contributed by atoms with Crippen molar-refractivity contribution >= 4 is 22.7 Å². The Morgan fingerprint density at radius 3 is 2.84 bits per heavy atom. The van der Waals surface area contributed by atoms with Crippen LogP contribution in [-0.2, 0) is 12.8 Å². The Morgan fingerprint density at radius 2 is 2.05 bits per heavy atom. The molecule has 0 radical (unpaired) electrons. The number of aromatic amines is 1. The van der Waals surface area contributed by atoms with Crippen LogP contribution in [0.4, 0.5) is 0 Å². The minimum atomic E-state index is 0.795. The van der Waals surface area contributed by atoms with Gasteiger partial charge in [-0.3, -0.25) is 0 Å². The Hall–Kier alpha value is -0.930. The zero-order chi connectivity index (χ0) is 12.8. The van der Waals surface area contributed by atoms with Gasteiger partial charge in [0.1, 0.15) is 0 Å². The van der Waals surface area contributed by atoms with Gasteiger partial charge in [0, 0.05) is 53.5 Å². The van der Waals surface area contributed by atoms with Crippen LogP contribution in [-0.4, -0.2) is 41.5 Å². The molecule has 1 saturated heterocycles. The molecule has 3 heterocycles. The van der Waals surface area contributed by atoms with Crippen LogP contribution in [0.5, 0.6) is 0 Å². The van der Waals surface area contributed by atoms with Crippen LogP contribution >= 0.6 is 11.8 Å². The van der Waals surface area contributed by atoms with Crippen molar-refractivity contribution < 1.29 is 0 Å². The van der Waals surface area contributed by atoms with Crippen LogP contribution in [0.2, 0.25) is 0 Å². The van der Waals surface area contributed by atoms with Gasteiger partial charge in [0.05, 0.1) is 0 Å². The lowest BCUT2D eigenvalue weighted by molar-refractivity contribution is 0.352. The summed E-state index contributed by atoms with van der Waals surface area (Å²) < 4.78 is 0. The Balaban J connectivity index is 1.76. The van der Waals surface area contributed by atoms with Gasteiger partial charge >= 0.3 is 0 Å². The third-order valence-corrected chi connectivity index (χ3v) is 5.89. The number of hydrogen-bond donors (Lipinski definition) is 1. The van der Waals surface area contributed by atoms with Gasteiger partial charge in [-0.05, 0) is 30.7 Å². The zero-order valence-electron chi connectivity index (χ0n) is 11.4. The van der Waals surface area contributed by atoms with Crippen molar-refractivity contribution in [1.82, 2.24) is 9.88 Å². The summed E-state index contributed by atoms with van der Waals surface area (Å²) in [6, 6.07) is 7.11. The highest BCUT2D eigenvalue weighted by molar-refractivity contribution is 8.00. The predicted octanol–water partition coefficient (Wildman–Crippen LogP) is 3.03. The summed E-state index contributed by atoms with van der Waals surface area (Å²) in [7, 11) is 2.22. The van der Waals surface area contributed by atoms with Gasteiger partial charge in [0.25, 0.3) is 0 Å². The third-order valence-electron chi connectivity index (χ3n) is 4.62. The third kappa shape index (κ3) is 2.00. The van der Waals surface area contributed by atoms with Gasteiger partial charge in [0.15, 0.2) is 0 Å². The van der Waals surface area contributed by atoms with E-state index in [0.29, 0.717) is 0 Å². The molecule has 2 aromatic rings. The summed E-state index contributed by atoms with van der Waals surface area (Å²) in [5, 5.41) is 1.46. The van der Waals surface area contributed by atoms with Gasteiger partial charge in [-0.15, -0.1) is 0 Å². The molecule has 19 heavy (non-hydrogen) atoms. The Labute approximate surface area is 118 Å². The number of nitrogens with one attached hydrogen (secondary N) is 1. The summed E-state index contributed by atoms with van der Waals surface area (Å²) in [4.78, 5) is 6.12. The van der Waals surface area contributed by atoms with E-state index < -0.39 is 0 Å². The van der Waals surface area contributed by atoms with E-state index in [1.54, 1.807) is 5.56 Å². The second-order valence-corrected chi connectivity index (χ2v) is 7.00. The van der Waals surface area contributed by atoms with Gasteiger partial charge < -0.3 is 9.88 Å². The second kappa shape index (κ2) is 4.57. The molecule has 0 saturated carbocycles. The number of aromatic nitrogens is 1. The summed E-state index contributed by atoms with van der Waals surface area (Å²) in [6.07, 6.45) is 2.35. The maximum atomic E-state index is 3.69. The SMILES string of the molecule is CN1CCc2[nH]c3cc(C4CSC4)ccc3c2CC1. The minimum absolute atomic E-state index is 0.795. The lowest BCUT2D eigenvalue weighted by Crippen LogP contribution is -2.21. The van der Waals surface area contributed by atoms with Crippen LogP contribution in [0.15, 0.2) is 18.2 Å². The van der Waals surface area contributed by atoms with Crippen molar-refractivity contribution in [2.24, 2.45) is 0 Å². The lowest BCUT2D eigenvalue weighted by atomic mass is 9.99. The topological polar surface area (TPSA) is 19.0 Å². The molecule has 0 amide bonds. The molecule has 0 unspecified atom stereocenters. The molecule has 4 rings (SSSR count). The van der Waals surface area contributed by atoms with Crippen LogP contribution in [0.1, 0.15) is 22.7 Å². The molecule has 1 N–H and O–H groups in total. The number of benzene rings is 1. The normalized spacial score (nSPS) is 21.1. The van der Waals surface area contributed by atoms with E-state index in [9.17, 15) is 0 Å². The van der Waals surface area contributed by atoms with E-state index in [1.165, 1.54) is 53.2 Å². The molecule has 0 bridgehead atoms. The van der Waals surface area contributed by atoms with Crippen molar-refractivity contribution in [3.8, 4) is 0 Å². The van der Waals surface area contributed by atoms with Crippen LogP contribution in [0.25, 0.3) is 10.9 Å². The number of likely N-dealkylation sites (N-methyl/N-ethyl adjacent to an activating group) is 1. The van der Waals surface area contributed by atoms with E-state index in [0.717, 1.165) is 12.3 Å². The first-order chi connectivity index (χ1) is 9.31. The number of fused-ring (bicyclic) bond motifs is 3. The first-order valence-electron chi connectivity index (χ1n) is 7.21. The first-order valence-corrected chi connectivity index (χ1v) is 8.36. The summed E-state index contributed by atoms with van der Waals surface area (Å²) >= 11 is 2.06. The van der Waals surface area contributed by atoms with E-state index in [1.807, 2.05) is 0 Å². The highest BCUT2D eigenvalue weighted by Gasteiger charge is 2.22. The quantitative estimate of drug-likeness (QED) is 0.860. The molecular weight excluding hydrogens is 252 g/mol. The maximum Gasteiger partial charge on any atom is 0.0461 e. The number of hydrogen-bond acceptors (Lipinski definition) is 2. The Bertz CT molecular complexity index is 612. The van der Waals surface area contributed by atoms with Crippen molar-refractivity contribution in [3.63, 3.8) is 0 Å². The van der Waals surface area contributed by atoms with Gasteiger partial charge in [-0.25, -0.2) is 0 Å². The molecule has 0 aliphatic carbocycles. The average Bonchev–Trinajstić information content (AvgIpc) is 2.58. The monoisotopic (exact) mass is 272 g/mol. The Morgan fingerprint density at radius 1 is 1.21 bits per heavy atom. The average molecular weight is 272 g/mol. The molecule has 1 aromatic heterocycles. The smallest absolute Gasteiger partial charge is 0.0461 e. The van der Waals surface area contributed by atoms with Gasteiger partial charge in [-0.1, -0.05) is 12.1 Å². The fourth-order valence-electron chi connectivity index (χ4n) is 3.23. The maximum absolute atomic E-state index is 3.69. The summed E-state index contributed by atoms with van der Waals surface area (Å²) in [5.41, 5.74) is 5.93. The highest BCUT2D eigenvalue weighted by Crippen LogP contribution is 2.36. The minimum Gasteiger partial charge on any atom is -0.358 e. The number of nitrogens with zero attached hydrogens (tertiary/aromatic N) is 1. The lowest BCUT2D eigenvalue weighted by Gasteiger charge is -2.25. The molecule has 2 aliphatic rings. The number of rotatable bonds is 1. The number of H-pyrrole nitrogens is 1. The molecule has 1 aromatic carbocycles. The molecule has 100 valence electrons. The second-order valence-electron chi connectivity index (χ2n) is 5.92. The van der Waals surface area contributed by atoms with Crippen molar-refractivity contribution in [2.75, 3.05) is 31.6 Å². The fourth-order valence-corrected chi connectivity index (χ4v) is 4.08. The predicted molar refractivity (Wildman–Crippen MR) is 83.3 cm³/mol. The van der Waals surface area contributed by atoms with Crippen molar-refractivity contribution in [3.05, 3.63) is 35.0 Å². The highest BCUT2D eigenvalue weighted by atomic mass is 32.2. The zero-order valence-corrected chi connectivity index (χ0v) is 12.2. The molecule has 0 spiro atoms. The summed E-state index contributed by atoms with van der Waals surface area (Å²) in [6.45, 7) is 2.35. The molecule has 1 fully saturated rings. The van der Waals surface area contributed by atoms with Crippen molar-refractivity contribution in [1.29, 1.82) is 0 Å². The van der Waals surface area contributed by atoms with Crippen molar-refractivity contribution in [2.45, 2.75) is 18.8 Å². The van der Waals surface area contributed by atoms with Gasteiger partial charge in [0.2, 0.25) is 0 Å². The van der Waals surface area contributed by atoms with E-state index in [2.05, 4.69) is 46.9 Å². The summed E-state index contributed by atoms with van der Waals surface area (Å²) in [5.74, 6) is 3.40. The first kappa shape index (κ1) is 11.9. The standard InChI is InChI=1S/C16H20N2S/c1-18-6-4-14-13-3-2-11(12-9-19-10-12)8-16(13)17-15(14)5-7-18/h2-3,8,12,17H,4-7,9-10H2,1H3. The van der Waals surface area contributed by atoms with E-state index in [-0.39, 0.29) is 0 Å². The molecule has 2 aliphatic heterocycles. The molecule has 3 heteroatoms. The molecular formula is C16H20N2S. The number of thioether (sulfide) groups is 1. The molecule has 0 atom stereocenters. The largest absolute Gasteiger partial charge is 0.358 e. The van der Waals surface area contributed by atoms with E-state index in [4.69, 9.17) is 0 Å². The van der Waals surface area contributed by atoms with Gasteiger partial charge in [-0.2, -0.15) is 11.8 Å². The van der Waals surface area contributed by atoms with Crippen LogP contribution in [0, 0.1) is 0 Å². The van der Waals surface area contributed by atoms with Crippen LogP contribution in [0.3, 0.4) is 0 Å².